The number of allylic oxidation sites excluding steroid dienone is 5. The zero-order valence-corrected chi connectivity index (χ0v) is 32.7. The number of carbonyl (C=O) groups excluding carboxylic acids is 3. The maximum atomic E-state index is 13.6. The smallest absolute Gasteiger partial charge is 0.410 e. The van der Waals surface area contributed by atoms with Crippen LogP contribution in [0, 0.1) is 5.92 Å². The second-order valence-corrected chi connectivity index (χ2v) is 15.6. The number of imidazole rings is 2. The first kappa shape index (κ1) is 39.1. The summed E-state index contributed by atoms with van der Waals surface area (Å²) in [6.07, 6.45) is 14.7. The van der Waals surface area contributed by atoms with Crippen LogP contribution in [-0.2, 0) is 20.7 Å². The van der Waals surface area contributed by atoms with Gasteiger partial charge in [0.2, 0.25) is 5.91 Å². The molecule has 290 valence electrons. The average molecular weight is 748 g/mol. The maximum Gasteiger partial charge on any atom is 0.410 e. The fourth-order valence-corrected chi connectivity index (χ4v) is 7.36. The molecule has 55 heavy (non-hydrogen) atoms. The third-order valence-electron chi connectivity index (χ3n) is 10.1. The van der Waals surface area contributed by atoms with Crippen LogP contribution in [-0.4, -0.2) is 79.7 Å². The summed E-state index contributed by atoms with van der Waals surface area (Å²) in [5, 5.41) is 4.94. The van der Waals surface area contributed by atoms with Gasteiger partial charge in [-0.1, -0.05) is 75.1 Å². The first-order chi connectivity index (χ1) is 26.3. The van der Waals surface area contributed by atoms with E-state index in [0.29, 0.717) is 13.1 Å². The molecular weight excluding hydrogens is 695 g/mol. The molecular formula is C43H53N7O5. The summed E-state index contributed by atoms with van der Waals surface area (Å²) in [5.41, 5.74) is 4.31. The van der Waals surface area contributed by atoms with E-state index in [1.54, 1.807) is 11.0 Å². The van der Waals surface area contributed by atoms with Crippen LogP contribution in [0.3, 0.4) is 0 Å². The number of rotatable bonds is 11. The molecule has 3 amide bonds. The minimum absolute atomic E-state index is 0.0980. The van der Waals surface area contributed by atoms with Gasteiger partial charge in [-0.15, -0.1) is 0 Å². The van der Waals surface area contributed by atoms with Crippen LogP contribution in [0.15, 0.2) is 79.7 Å². The maximum absolute atomic E-state index is 13.6. The zero-order valence-electron chi connectivity index (χ0n) is 32.7. The molecule has 0 radical (unpaired) electrons. The number of carbonyl (C=O) groups is 3. The summed E-state index contributed by atoms with van der Waals surface area (Å²) in [7, 11) is 1.30. The highest BCUT2D eigenvalue weighted by atomic mass is 16.6. The number of hydrogen-bond acceptors (Lipinski definition) is 7. The lowest BCUT2D eigenvalue weighted by Crippen LogP contribution is -2.51. The monoisotopic (exact) mass is 747 g/mol. The fraction of sp³-hybridized carbons (Fsp3) is 0.419. The number of H-pyrrole nitrogens is 2. The van der Waals surface area contributed by atoms with Crippen LogP contribution < -0.4 is 5.32 Å². The van der Waals surface area contributed by atoms with E-state index in [9.17, 15) is 14.4 Å². The highest BCUT2D eigenvalue weighted by Crippen LogP contribution is 2.34. The molecule has 3 atom stereocenters. The molecule has 0 spiro atoms. The quantitative estimate of drug-likeness (QED) is 0.131. The van der Waals surface area contributed by atoms with E-state index in [2.05, 4.69) is 75.4 Å². The van der Waals surface area contributed by atoms with Crippen molar-refractivity contribution in [1.82, 2.24) is 35.1 Å². The minimum Gasteiger partial charge on any atom is -0.453 e. The summed E-state index contributed by atoms with van der Waals surface area (Å²) in [5.74, 6) is 1.26. The Morgan fingerprint density at radius 3 is 2.35 bits per heavy atom. The number of likely N-dealkylation sites (tertiary alicyclic amines) is 2. The van der Waals surface area contributed by atoms with Crippen LogP contribution in [0.1, 0.15) is 95.3 Å². The molecule has 6 rings (SSSR count). The number of alkyl carbamates (subject to hydrolysis) is 1. The van der Waals surface area contributed by atoms with E-state index < -0.39 is 17.7 Å². The second-order valence-electron chi connectivity index (χ2n) is 15.6. The fourth-order valence-electron chi connectivity index (χ4n) is 7.36. The Morgan fingerprint density at radius 1 is 0.964 bits per heavy atom. The Balaban J connectivity index is 1.11. The van der Waals surface area contributed by atoms with Crippen molar-refractivity contribution in [2.24, 2.45) is 5.92 Å². The number of nitrogens with one attached hydrogen (secondary N) is 3. The number of aromatic amines is 2. The van der Waals surface area contributed by atoms with Gasteiger partial charge in [-0.25, -0.2) is 19.6 Å². The van der Waals surface area contributed by atoms with Crippen molar-refractivity contribution in [2.75, 3.05) is 20.2 Å². The normalized spacial score (nSPS) is 18.3. The van der Waals surface area contributed by atoms with Crippen LogP contribution in [0.4, 0.5) is 9.59 Å². The van der Waals surface area contributed by atoms with Crippen molar-refractivity contribution in [1.29, 1.82) is 0 Å². The number of amides is 3. The molecule has 2 aliphatic heterocycles. The predicted octanol–water partition coefficient (Wildman–Crippen LogP) is 8.44. The van der Waals surface area contributed by atoms with Gasteiger partial charge in [-0.05, 0) is 86.8 Å². The van der Waals surface area contributed by atoms with Crippen LogP contribution in [0.25, 0.3) is 27.6 Å². The standard InChI is InChI=1S/C43H53N7O5/c1-8-12-29(33-25-44-39(46-33)36-16-11-22-50(36)42(53)55-43(4,5)6)14-9-13-28-17-18-31-24-32(20-19-30(31)23-28)34-26-45-38(47-34)35-15-10-21-49(35)40(51)37(27(2)3)48-41(52)54-7/h8-9,12,14,17-20,23-27,35-37H,1,10-11,13,15-16,21-22H2,2-7H3,(H,44,46)(H,45,47)(H,48,52)/b14-9-,29-12+/t35-,36-,37-/m0/s1. The Labute approximate surface area is 323 Å². The number of methoxy groups -OCH3 is 1. The lowest BCUT2D eigenvalue weighted by Gasteiger charge is -2.30. The lowest BCUT2D eigenvalue weighted by atomic mass is 10.0. The Morgan fingerprint density at radius 2 is 1.64 bits per heavy atom. The third-order valence-corrected chi connectivity index (χ3v) is 10.1. The van der Waals surface area contributed by atoms with Crippen molar-refractivity contribution in [3.8, 4) is 11.3 Å². The number of hydrogen-bond donors (Lipinski definition) is 3. The highest BCUT2D eigenvalue weighted by Gasteiger charge is 2.38. The van der Waals surface area contributed by atoms with Crippen LogP contribution in [0.2, 0.25) is 0 Å². The van der Waals surface area contributed by atoms with E-state index >= 15 is 0 Å². The van der Waals surface area contributed by atoms with Gasteiger partial charge in [-0.3, -0.25) is 9.69 Å². The van der Waals surface area contributed by atoms with E-state index in [-0.39, 0.29) is 30.0 Å². The van der Waals surface area contributed by atoms with Gasteiger partial charge in [0.25, 0.3) is 0 Å². The first-order valence-electron chi connectivity index (χ1n) is 19.1. The summed E-state index contributed by atoms with van der Waals surface area (Å²) in [4.78, 5) is 58.2. The average Bonchev–Trinajstić information content (AvgIpc) is 3.98. The largest absolute Gasteiger partial charge is 0.453 e. The van der Waals surface area contributed by atoms with Crippen molar-refractivity contribution in [3.05, 3.63) is 103 Å². The Kier molecular flexibility index (Phi) is 11.9. The molecule has 2 aromatic carbocycles. The topological polar surface area (TPSA) is 146 Å². The molecule has 4 heterocycles. The number of aromatic nitrogens is 4. The van der Waals surface area contributed by atoms with Gasteiger partial charge >= 0.3 is 12.2 Å². The van der Waals surface area contributed by atoms with Gasteiger partial charge in [0.05, 0.1) is 43.0 Å². The van der Waals surface area contributed by atoms with E-state index in [4.69, 9.17) is 14.5 Å². The molecule has 0 bridgehead atoms. The van der Waals surface area contributed by atoms with Gasteiger partial charge in [0, 0.05) is 18.7 Å². The number of fused-ring (bicyclic) bond motifs is 1. The van der Waals surface area contributed by atoms with Crippen molar-refractivity contribution >= 4 is 34.4 Å². The molecule has 3 N–H and O–H groups in total. The first-order valence-corrected chi connectivity index (χ1v) is 19.1. The molecule has 2 fully saturated rings. The molecule has 4 aromatic rings. The lowest BCUT2D eigenvalue weighted by molar-refractivity contribution is -0.135. The van der Waals surface area contributed by atoms with E-state index in [0.717, 1.165) is 77.0 Å². The molecule has 2 aromatic heterocycles. The van der Waals surface area contributed by atoms with E-state index in [1.807, 2.05) is 58.0 Å². The summed E-state index contributed by atoms with van der Waals surface area (Å²) < 4.78 is 10.4. The zero-order chi connectivity index (χ0) is 39.3. The number of ether oxygens (including phenoxy) is 2. The Bertz CT molecular complexity index is 2090. The van der Waals surface area contributed by atoms with Crippen molar-refractivity contribution in [3.63, 3.8) is 0 Å². The molecule has 12 nitrogen and oxygen atoms in total. The van der Waals surface area contributed by atoms with Gasteiger partial charge in [0.15, 0.2) is 0 Å². The number of benzene rings is 2. The SMILES string of the molecule is C=C/C=C(\C=C/Cc1ccc2cc(-c3cnc([C@@H]4CCCN4C(=O)[C@@H](NC(=O)OC)C(C)C)[nH]3)ccc2c1)c1cnc([C@@H]2CCCN2C(=O)OC(C)(C)C)[nH]1. The molecule has 12 heteroatoms. The molecule has 0 saturated carbocycles. The summed E-state index contributed by atoms with van der Waals surface area (Å²) in [6.45, 7) is 14.6. The third kappa shape index (κ3) is 9.18. The molecule has 2 aliphatic rings. The predicted molar refractivity (Wildman–Crippen MR) is 214 cm³/mol. The Hall–Kier alpha value is -5.65. The minimum atomic E-state index is -0.680. The van der Waals surface area contributed by atoms with E-state index in [1.165, 1.54) is 12.7 Å². The highest BCUT2D eigenvalue weighted by molar-refractivity contribution is 5.88. The van der Waals surface area contributed by atoms with Gasteiger partial charge in [0.1, 0.15) is 23.3 Å². The second kappa shape index (κ2) is 16.8. The van der Waals surface area contributed by atoms with Gasteiger partial charge in [-0.2, -0.15) is 0 Å². The van der Waals surface area contributed by atoms with Crippen LogP contribution >= 0.6 is 0 Å². The van der Waals surface area contributed by atoms with Crippen molar-refractivity contribution < 1.29 is 23.9 Å². The molecule has 0 unspecified atom stereocenters. The molecule has 0 aliphatic carbocycles. The van der Waals surface area contributed by atoms with Crippen LogP contribution in [0.5, 0.6) is 0 Å². The number of nitrogens with zero attached hydrogens (tertiary/aromatic N) is 4. The van der Waals surface area contributed by atoms with Gasteiger partial charge < -0.3 is 29.7 Å². The summed E-state index contributed by atoms with van der Waals surface area (Å²) >= 11 is 0. The van der Waals surface area contributed by atoms with Crippen molar-refractivity contribution in [2.45, 2.75) is 90.4 Å². The molecule has 2 saturated heterocycles. The summed E-state index contributed by atoms with van der Waals surface area (Å²) in [6, 6.07) is 11.8.